The van der Waals surface area contributed by atoms with Crippen molar-refractivity contribution in [3.05, 3.63) is 0 Å². The normalized spacial score (nSPS) is 13.7. The van der Waals surface area contributed by atoms with Gasteiger partial charge in [-0.05, 0) is 0 Å². The van der Waals surface area contributed by atoms with Crippen molar-refractivity contribution in [1.82, 2.24) is 0 Å². The highest BCUT2D eigenvalue weighted by Gasteiger charge is 1.99. The highest BCUT2D eigenvalue weighted by molar-refractivity contribution is 6.19. The zero-order valence-electron chi connectivity index (χ0n) is 5.27. The lowest BCUT2D eigenvalue weighted by Crippen LogP contribution is -2.11. The Morgan fingerprint density at radius 2 is 2.22 bits per heavy atom. The Morgan fingerprint density at radius 3 is 2.67 bits per heavy atom. The molecule has 0 rings (SSSR count). The number of hydrogen-bond donors (Lipinski definition) is 0. The minimum atomic E-state index is -0.354. The van der Waals surface area contributed by atoms with E-state index in [1.807, 2.05) is 0 Å². The summed E-state index contributed by atoms with van der Waals surface area (Å²) in [7, 11) is 1.53. The molecule has 0 amide bonds. The van der Waals surface area contributed by atoms with Crippen molar-refractivity contribution >= 4 is 23.2 Å². The monoisotopic (exact) mass is 172 g/mol. The zero-order valence-corrected chi connectivity index (χ0v) is 6.78. The van der Waals surface area contributed by atoms with E-state index in [2.05, 4.69) is 0 Å². The second kappa shape index (κ2) is 6.62. The van der Waals surface area contributed by atoms with Crippen LogP contribution < -0.4 is 0 Å². The van der Waals surface area contributed by atoms with E-state index >= 15 is 0 Å². The molecule has 0 radical (unpaired) electrons. The summed E-state index contributed by atoms with van der Waals surface area (Å²) in [6.45, 7) is 0.916. The molecule has 0 fully saturated rings. The van der Waals surface area contributed by atoms with Gasteiger partial charge in [-0.25, -0.2) is 0 Å². The summed E-state index contributed by atoms with van der Waals surface area (Å²) >= 11 is 10.8. The van der Waals surface area contributed by atoms with Crippen molar-refractivity contribution in [2.75, 3.05) is 26.2 Å². The van der Waals surface area contributed by atoms with E-state index in [-0.39, 0.29) is 5.56 Å². The van der Waals surface area contributed by atoms with Gasteiger partial charge in [0.05, 0.1) is 13.2 Å². The average Bonchev–Trinajstić information content (AvgIpc) is 1.89. The summed E-state index contributed by atoms with van der Waals surface area (Å²) in [4.78, 5) is 0. The van der Waals surface area contributed by atoms with Gasteiger partial charge in [0.2, 0.25) is 0 Å². The van der Waals surface area contributed by atoms with Gasteiger partial charge in [-0.15, -0.1) is 11.6 Å². The van der Waals surface area contributed by atoms with Crippen LogP contribution in [0.3, 0.4) is 0 Å². The van der Waals surface area contributed by atoms with Crippen molar-refractivity contribution in [3.8, 4) is 0 Å². The lowest BCUT2D eigenvalue weighted by Gasteiger charge is -2.05. The maximum Gasteiger partial charge on any atom is 0.153 e. The van der Waals surface area contributed by atoms with E-state index in [1.54, 1.807) is 0 Å². The molecule has 0 aromatic rings. The molecule has 0 aliphatic heterocycles. The molecule has 4 heteroatoms. The van der Waals surface area contributed by atoms with Gasteiger partial charge in [-0.2, -0.15) is 0 Å². The molecule has 0 aromatic heterocycles. The molecule has 0 aliphatic rings. The zero-order chi connectivity index (χ0) is 7.11. The summed E-state index contributed by atoms with van der Waals surface area (Å²) in [6.07, 6.45) is 0. The van der Waals surface area contributed by atoms with Crippen molar-refractivity contribution in [2.24, 2.45) is 0 Å². The van der Waals surface area contributed by atoms with Gasteiger partial charge in [0.1, 0.15) is 0 Å². The molecule has 0 spiro atoms. The molecule has 0 aromatic carbocycles. The molecule has 0 bridgehead atoms. The van der Waals surface area contributed by atoms with Crippen LogP contribution >= 0.6 is 23.2 Å². The lowest BCUT2D eigenvalue weighted by molar-refractivity contribution is 0.0564. The minimum absolute atomic E-state index is 0.354. The molecule has 2 nitrogen and oxygen atoms in total. The summed E-state index contributed by atoms with van der Waals surface area (Å²) in [5, 5.41) is 0. The number of hydrogen-bond acceptors (Lipinski definition) is 2. The predicted octanol–water partition coefficient (Wildman–Crippen LogP) is 1.45. The van der Waals surface area contributed by atoms with Crippen molar-refractivity contribution in [2.45, 2.75) is 5.56 Å². The average molecular weight is 173 g/mol. The van der Waals surface area contributed by atoms with Crippen LogP contribution in [0.1, 0.15) is 0 Å². The predicted molar refractivity (Wildman–Crippen MR) is 38.2 cm³/mol. The van der Waals surface area contributed by atoms with Crippen molar-refractivity contribution in [3.63, 3.8) is 0 Å². The number of ether oxygens (including phenoxy) is 2. The molecule has 0 saturated carbocycles. The van der Waals surface area contributed by atoms with Gasteiger partial charge in [-0.1, -0.05) is 11.6 Å². The van der Waals surface area contributed by atoms with Gasteiger partial charge < -0.3 is 9.47 Å². The second-order valence-electron chi connectivity index (χ2n) is 1.41. The minimum Gasteiger partial charge on any atom is -0.376 e. The third kappa shape index (κ3) is 6.38. The van der Waals surface area contributed by atoms with E-state index < -0.39 is 0 Å². The highest BCUT2D eigenvalue weighted by Crippen LogP contribution is 1.95. The molecule has 1 atom stereocenters. The van der Waals surface area contributed by atoms with Crippen LogP contribution in [-0.4, -0.2) is 31.8 Å². The molecule has 0 saturated heterocycles. The summed E-state index contributed by atoms with van der Waals surface area (Å²) in [5.41, 5.74) is -0.354. The molecular weight excluding hydrogens is 163 g/mol. The first-order valence-electron chi connectivity index (χ1n) is 2.62. The Hall–Kier alpha value is 0.500. The smallest absolute Gasteiger partial charge is 0.153 e. The highest BCUT2D eigenvalue weighted by atomic mass is 35.5. The first-order chi connectivity index (χ1) is 4.31. The molecule has 0 aliphatic carbocycles. The number of halogens is 2. The number of alkyl halides is 2. The summed E-state index contributed by atoms with van der Waals surface area (Å²) < 4.78 is 9.64. The van der Waals surface area contributed by atoms with Crippen molar-refractivity contribution < 1.29 is 9.47 Å². The fourth-order valence-corrected chi connectivity index (χ4v) is 0.497. The van der Waals surface area contributed by atoms with E-state index in [1.165, 1.54) is 7.11 Å². The van der Waals surface area contributed by atoms with Crippen LogP contribution in [-0.2, 0) is 9.47 Å². The third-order valence-electron chi connectivity index (χ3n) is 0.726. The van der Waals surface area contributed by atoms with Gasteiger partial charge in [0, 0.05) is 13.0 Å². The maximum absolute atomic E-state index is 5.51. The van der Waals surface area contributed by atoms with Crippen LogP contribution in [0.4, 0.5) is 0 Å². The van der Waals surface area contributed by atoms with Crippen LogP contribution in [0.15, 0.2) is 0 Å². The molecule has 1 unspecified atom stereocenters. The van der Waals surface area contributed by atoms with Gasteiger partial charge >= 0.3 is 0 Å². The Bertz CT molecular complexity index is 60.9. The van der Waals surface area contributed by atoms with Gasteiger partial charge in [0.25, 0.3) is 0 Å². The largest absolute Gasteiger partial charge is 0.376 e. The van der Waals surface area contributed by atoms with E-state index in [9.17, 15) is 0 Å². The van der Waals surface area contributed by atoms with Crippen molar-refractivity contribution in [1.29, 1.82) is 0 Å². The third-order valence-corrected chi connectivity index (χ3v) is 1.18. The van der Waals surface area contributed by atoms with E-state index in [0.29, 0.717) is 19.1 Å². The van der Waals surface area contributed by atoms with Crippen LogP contribution in [0.5, 0.6) is 0 Å². The molecule has 9 heavy (non-hydrogen) atoms. The molecule has 0 N–H and O–H groups in total. The van der Waals surface area contributed by atoms with Gasteiger partial charge in [-0.3, -0.25) is 0 Å². The first kappa shape index (κ1) is 9.50. The first-order valence-corrected chi connectivity index (χ1v) is 3.59. The molecular formula is C5H10Cl2O2. The topological polar surface area (TPSA) is 18.5 Å². The molecule has 56 valence electrons. The maximum atomic E-state index is 5.51. The fraction of sp³-hybridized carbons (Fsp3) is 1.00. The lowest BCUT2D eigenvalue weighted by atomic mass is 10.7. The standard InChI is InChI=1S/C5H10Cl2O2/c1-8-5(7)4-9-3-2-6/h5H,2-4H2,1H3. The Labute approximate surface area is 65.0 Å². The SMILES string of the molecule is COC(Cl)COCCCl. The summed E-state index contributed by atoms with van der Waals surface area (Å²) in [6, 6.07) is 0. The fourth-order valence-electron chi connectivity index (χ4n) is 0.299. The summed E-state index contributed by atoms with van der Waals surface area (Å²) in [5.74, 6) is 0.493. The van der Waals surface area contributed by atoms with Crippen LogP contribution in [0.2, 0.25) is 0 Å². The van der Waals surface area contributed by atoms with Crippen LogP contribution in [0, 0.1) is 0 Å². The van der Waals surface area contributed by atoms with E-state index in [4.69, 9.17) is 32.7 Å². The van der Waals surface area contributed by atoms with Gasteiger partial charge in [0.15, 0.2) is 5.56 Å². The Morgan fingerprint density at radius 1 is 1.56 bits per heavy atom. The van der Waals surface area contributed by atoms with Crippen LogP contribution in [0.25, 0.3) is 0 Å². The number of rotatable bonds is 5. The quantitative estimate of drug-likeness (QED) is 0.462. The Kier molecular flexibility index (Phi) is 6.99. The second-order valence-corrected chi connectivity index (χ2v) is 2.27. The Balaban J connectivity index is 2.88. The van der Waals surface area contributed by atoms with E-state index in [0.717, 1.165) is 0 Å². The molecule has 0 heterocycles. The number of methoxy groups -OCH3 is 1.